The van der Waals surface area contributed by atoms with Crippen molar-refractivity contribution in [3.63, 3.8) is 0 Å². The smallest absolute Gasteiger partial charge is 0.253 e. The van der Waals surface area contributed by atoms with Crippen LogP contribution in [0.15, 0.2) is 48.5 Å². The van der Waals surface area contributed by atoms with E-state index in [2.05, 4.69) is 0 Å². The molecule has 0 atom stereocenters. The van der Waals surface area contributed by atoms with Gasteiger partial charge in [-0.25, -0.2) is 0 Å². The van der Waals surface area contributed by atoms with E-state index in [1.807, 2.05) is 42.5 Å². The Kier molecular flexibility index (Phi) is 4.95. The average molecular weight is 284 g/mol. The molecule has 0 aliphatic carbocycles. The number of para-hydroxylation sites is 1. The highest BCUT2D eigenvalue weighted by molar-refractivity contribution is 5.94. The maximum absolute atomic E-state index is 12.5. The highest BCUT2D eigenvalue weighted by Crippen LogP contribution is 2.19. The van der Waals surface area contributed by atoms with Crippen molar-refractivity contribution in [1.82, 2.24) is 4.90 Å². The minimum Gasteiger partial charge on any atom is -0.496 e. The van der Waals surface area contributed by atoms with Crippen LogP contribution in [0.4, 0.5) is 0 Å². The van der Waals surface area contributed by atoms with Crippen LogP contribution in [-0.2, 0) is 13.1 Å². The number of rotatable bonds is 5. The maximum atomic E-state index is 12.5. The third-order valence-corrected chi connectivity index (χ3v) is 3.36. The Morgan fingerprint density at radius 2 is 1.95 bits per heavy atom. The zero-order valence-corrected chi connectivity index (χ0v) is 12.4. The topological polar surface area (TPSA) is 55.6 Å². The molecule has 110 valence electrons. The molecule has 0 fully saturated rings. The molecular weight excluding hydrogens is 264 g/mol. The van der Waals surface area contributed by atoms with Crippen LogP contribution in [0, 0.1) is 0 Å². The van der Waals surface area contributed by atoms with Crippen molar-refractivity contribution in [2.45, 2.75) is 13.1 Å². The van der Waals surface area contributed by atoms with Gasteiger partial charge in [0.2, 0.25) is 0 Å². The molecule has 0 saturated heterocycles. The van der Waals surface area contributed by atoms with Crippen LogP contribution in [0.1, 0.15) is 21.5 Å². The van der Waals surface area contributed by atoms with Crippen LogP contribution < -0.4 is 10.5 Å². The fourth-order valence-electron chi connectivity index (χ4n) is 2.21. The SMILES string of the molecule is COc1ccccc1CN(C)C(=O)c1cccc(CN)c1. The van der Waals surface area contributed by atoms with Gasteiger partial charge >= 0.3 is 0 Å². The van der Waals surface area contributed by atoms with E-state index in [9.17, 15) is 4.79 Å². The third-order valence-electron chi connectivity index (χ3n) is 3.36. The zero-order valence-electron chi connectivity index (χ0n) is 12.4. The molecule has 2 aromatic rings. The number of hydrogen-bond acceptors (Lipinski definition) is 3. The number of nitrogens with two attached hydrogens (primary N) is 1. The summed E-state index contributed by atoms with van der Waals surface area (Å²) in [6.07, 6.45) is 0. The minimum atomic E-state index is -0.0313. The summed E-state index contributed by atoms with van der Waals surface area (Å²) in [6, 6.07) is 15.1. The van der Waals surface area contributed by atoms with Crippen molar-refractivity contribution in [3.8, 4) is 5.75 Å². The number of hydrogen-bond donors (Lipinski definition) is 1. The Hall–Kier alpha value is -2.33. The summed E-state index contributed by atoms with van der Waals surface area (Å²) in [7, 11) is 3.41. The van der Waals surface area contributed by atoms with Gasteiger partial charge in [-0.3, -0.25) is 4.79 Å². The summed E-state index contributed by atoms with van der Waals surface area (Å²) in [4.78, 5) is 14.1. The number of benzene rings is 2. The summed E-state index contributed by atoms with van der Waals surface area (Å²) >= 11 is 0. The molecule has 0 aliphatic heterocycles. The van der Waals surface area contributed by atoms with E-state index in [0.29, 0.717) is 18.7 Å². The number of carbonyl (C=O) groups excluding carboxylic acids is 1. The Labute approximate surface area is 125 Å². The molecule has 0 unspecified atom stereocenters. The van der Waals surface area contributed by atoms with Crippen LogP contribution >= 0.6 is 0 Å². The zero-order chi connectivity index (χ0) is 15.2. The summed E-state index contributed by atoms with van der Waals surface area (Å²) in [5.74, 6) is 0.754. The van der Waals surface area contributed by atoms with Crippen molar-refractivity contribution < 1.29 is 9.53 Å². The summed E-state index contributed by atoms with van der Waals surface area (Å²) < 4.78 is 5.31. The highest BCUT2D eigenvalue weighted by Gasteiger charge is 2.14. The molecule has 0 saturated carbocycles. The normalized spacial score (nSPS) is 10.2. The summed E-state index contributed by atoms with van der Waals surface area (Å²) in [5.41, 5.74) is 8.19. The van der Waals surface area contributed by atoms with Crippen LogP contribution in [0.25, 0.3) is 0 Å². The molecule has 0 radical (unpaired) electrons. The largest absolute Gasteiger partial charge is 0.496 e. The lowest BCUT2D eigenvalue weighted by Gasteiger charge is -2.19. The van der Waals surface area contributed by atoms with Gasteiger partial charge in [0.05, 0.1) is 7.11 Å². The highest BCUT2D eigenvalue weighted by atomic mass is 16.5. The van der Waals surface area contributed by atoms with Crippen LogP contribution in [0.5, 0.6) is 5.75 Å². The standard InChI is InChI=1S/C17H20N2O2/c1-19(12-15-7-3-4-9-16(15)21-2)17(20)14-8-5-6-13(10-14)11-18/h3-10H,11-12,18H2,1-2H3. The number of nitrogens with zero attached hydrogens (tertiary/aromatic N) is 1. The Morgan fingerprint density at radius 1 is 1.19 bits per heavy atom. The van der Waals surface area contributed by atoms with Crippen LogP contribution in [-0.4, -0.2) is 25.0 Å². The van der Waals surface area contributed by atoms with Crippen molar-refractivity contribution in [2.24, 2.45) is 5.73 Å². The van der Waals surface area contributed by atoms with Gasteiger partial charge in [0.25, 0.3) is 5.91 Å². The van der Waals surface area contributed by atoms with Gasteiger partial charge in [-0.15, -0.1) is 0 Å². The first-order chi connectivity index (χ1) is 10.2. The van der Waals surface area contributed by atoms with E-state index in [0.717, 1.165) is 16.9 Å². The molecule has 4 heteroatoms. The minimum absolute atomic E-state index is 0.0313. The number of methoxy groups -OCH3 is 1. The van der Waals surface area contributed by atoms with Crippen molar-refractivity contribution >= 4 is 5.91 Å². The summed E-state index contributed by atoms with van der Waals surface area (Å²) in [5, 5.41) is 0. The second kappa shape index (κ2) is 6.90. The fourth-order valence-corrected chi connectivity index (χ4v) is 2.21. The summed E-state index contributed by atoms with van der Waals surface area (Å²) in [6.45, 7) is 0.924. The lowest BCUT2D eigenvalue weighted by atomic mass is 10.1. The Morgan fingerprint density at radius 3 is 2.67 bits per heavy atom. The van der Waals surface area contributed by atoms with Crippen molar-refractivity contribution in [2.75, 3.05) is 14.2 Å². The molecule has 2 rings (SSSR count). The predicted molar refractivity (Wildman–Crippen MR) is 83.1 cm³/mol. The van der Waals surface area contributed by atoms with Crippen molar-refractivity contribution in [3.05, 3.63) is 65.2 Å². The molecule has 2 N–H and O–H groups in total. The van der Waals surface area contributed by atoms with Crippen LogP contribution in [0.2, 0.25) is 0 Å². The Balaban J connectivity index is 2.15. The van der Waals surface area contributed by atoms with Gasteiger partial charge in [0, 0.05) is 31.3 Å². The van der Waals surface area contributed by atoms with Gasteiger partial charge in [0.1, 0.15) is 5.75 Å². The first-order valence-electron chi connectivity index (χ1n) is 6.82. The fraction of sp³-hybridized carbons (Fsp3) is 0.235. The number of ether oxygens (including phenoxy) is 1. The molecule has 1 amide bonds. The molecular formula is C17H20N2O2. The van der Waals surface area contributed by atoms with E-state index in [4.69, 9.17) is 10.5 Å². The van der Waals surface area contributed by atoms with Gasteiger partial charge in [0.15, 0.2) is 0 Å². The molecule has 0 spiro atoms. The monoisotopic (exact) mass is 284 g/mol. The molecule has 4 nitrogen and oxygen atoms in total. The second-order valence-corrected chi connectivity index (χ2v) is 4.88. The van der Waals surface area contributed by atoms with Gasteiger partial charge in [-0.05, 0) is 23.8 Å². The molecule has 0 aliphatic rings. The number of carbonyl (C=O) groups is 1. The quantitative estimate of drug-likeness (QED) is 0.917. The van der Waals surface area contributed by atoms with E-state index >= 15 is 0 Å². The van der Waals surface area contributed by atoms with Gasteiger partial charge < -0.3 is 15.4 Å². The molecule has 0 heterocycles. The lowest BCUT2D eigenvalue weighted by molar-refractivity contribution is 0.0784. The molecule has 0 bridgehead atoms. The molecule has 0 aromatic heterocycles. The van der Waals surface area contributed by atoms with Gasteiger partial charge in [-0.2, -0.15) is 0 Å². The first kappa shape index (κ1) is 15.1. The predicted octanol–water partition coefficient (Wildman–Crippen LogP) is 2.43. The maximum Gasteiger partial charge on any atom is 0.253 e. The third kappa shape index (κ3) is 3.61. The van der Waals surface area contributed by atoms with Crippen LogP contribution in [0.3, 0.4) is 0 Å². The Bertz CT molecular complexity index is 626. The second-order valence-electron chi connectivity index (χ2n) is 4.88. The molecule has 21 heavy (non-hydrogen) atoms. The van der Waals surface area contributed by atoms with E-state index in [1.165, 1.54) is 0 Å². The van der Waals surface area contributed by atoms with E-state index < -0.39 is 0 Å². The lowest BCUT2D eigenvalue weighted by Crippen LogP contribution is -2.26. The first-order valence-corrected chi connectivity index (χ1v) is 6.82. The van der Waals surface area contributed by atoms with E-state index in [1.54, 1.807) is 25.1 Å². The number of amides is 1. The van der Waals surface area contributed by atoms with E-state index in [-0.39, 0.29) is 5.91 Å². The van der Waals surface area contributed by atoms with Crippen molar-refractivity contribution in [1.29, 1.82) is 0 Å². The van der Waals surface area contributed by atoms with Gasteiger partial charge in [-0.1, -0.05) is 30.3 Å². The average Bonchev–Trinajstić information content (AvgIpc) is 2.54. The molecule has 2 aromatic carbocycles.